The monoisotopic (exact) mass is 483 g/mol. The third-order valence-corrected chi connectivity index (χ3v) is 5.66. The van der Waals surface area contributed by atoms with E-state index < -0.39 is 29.4 Å². The fourth-order valence-corrected chi connectivity index (χ4v) is 3.72. The Morgan fingerprint density at radius 2 is 1.88 bits per heavy atom. The second kappa shape index (κ2) is 8.87. The van der Waals surface area contributed by atoms with Gasteiger partial charge in [-0.2, -0.15) is 13.2 Å². The van der Waals surface area contributed by atoms with Crippen LogP contribution in [0.1, 0.15) is 31.7 Å². The van der Waals surface area contributed by atoms with Crippen LogP contribution < -0.4 is 4.74 Å². The van der Waals surface area contributed by atoms with E-state index in [1.54, 1.807) is 26.8 Å². The molecule has 1 heterocycles. The molecule has 176 valence electrons. The summed E-state index contributed by atoms with van der Waals surface area (Å²) in [6, 6.07) is 6.89. The van der Waals surface area contributed by atoms with E-state index in [0.717, 1.165) is 6.07 Å². The van der Waals surface area contributed by atoms with Gasteiger partial charge in [-0.1, -0.05) is 31.5 Å². The molecule has 0 aliphatic rings. The molecule has 0 radical (unpaired) electrons. The first-order valence-electron chi connectivity index (χ1n) is 9.87. The minimum absolute atomic E-state index is 0.0000401. The second-order valence-corrected chi connectivity index (χ2v) is 8.74. The van der Waals surface area contributed by atoms with E-state index >= 15 is 0 Å². The summed E-state index contributed by atoms with van der Waals surface area (Å²) in [5, 5.41) is 11.2. The Hall–Kier alpha value is -2.78. The van der Waals surface area contributed by atoms with Crippen molar-refractivity contribution >= 4 is 34.4 Å². The molecule has 1 atom stereocenters. The predicted octanol–water partition coefficient (Wildman–Crippen LogP) is 6.10. The molecule has 0 aliphatic heterocycles. The van der Waals surface area contributed by atoms with Crippen molar-refractivity contribution in [2.45, 2.75) is 44.4 Å². The smallest absolute Gasteiger partial charge is 0.422 e. The Balaban J connectivity index is 2.03. The number of rotatable bonds is 6. The first-order valence-corrected chi connectivity index (χ1v) is 10.3. The number of fused-ring (bicyclic) bond motifs is 1. The molecule has 10 heteroatoms. The maximum absolute atomic E-state index is 14.1. The molecular formula is C23H22ClF4N3O2. The highest BCUT2D eigenvalue weighted by Gasteiger charge is 2.55. The van der Waals surface area contributed by atoms with Gasteiger partial charge in [-0.3, -0.25) is 4.99 Å². The van der Waals surface area contributed by atoms with E-state index in [-0.39, 0.29) is 16.6 Å². The average Bonchev–Trinajstić information content (AvgIpc) is 2.72. The number of nitrogens with zero attached hydrogens (tertiary/aromatic N) is 3. The summed E-state index contributed by atoms with van der Waals surface area (Å²) in [5.74, 6) is -0.0487. The number of aryl methyl sites for hydroxylation is 1. The zero-order valence-corrected chi connectivity index (χ0v) is 19.1. The van der Waals surface area contributed by atoms with Gasteiger partial charge >= 0.3 is 6.18 Å². The lowest BCUT2D eigenvalue weighted by atomic mass is 9.75. The fourth-order valence-electron chi connectivity index (χ4n) is 3.52. The molecule has 1 N–H and O–H groups in total. The van der Waals surface area contributed by atoms with Crippen molar-refractivity contribution in [3.05, 3.63) is 58.8 Å². The molecule has 0 fully saturated rings. The third kappa shape index (κ3) is 5.09. The van der Waals surface area contributed by atoms with E-state index in [1.165, 1.54) is 31.5 Å². The van der Waals surface area contributed by atoms with Crippen molar-refractivity contribution in [2.24, 2.45) is 4.99 Å². The largest absolute Gasteiger partial charge is 0.495 e. The molecule has 0 amide bonds. The van der Waals surface area contributed by atoms with E-state index in [0.29, 0.717) is 28.4 Å². The van der Waals surface area contributed by atoms with E-state index in [4.69, 9.17) is 16.3 Å². The molecule has 3 aromatic rings. The SMILES string of the molecule is COc1cc(C(C)(C)CC(O)(C=Nc2ccc(F)c3nc(C)ncc23)C(F)(F)F)ccc1Cl. The first-order chi connectivity index (χ1) is 15.3. The number of benzene rings is 2. The lowest BCUT2D eigenvalue weighted by Crippen LogP contribution is -2.50. The number of aliphatic imine (C=N–C) groups is 1. The van der Waals surface area contributed by atoms with Crippen LogP contribution in [0.2, 0.25) is 5.02 Å². The Morgan fingerprint density at radius 3 is 2.52 bits per heavy atom. The number of hydrogen-bond donors (Lipinski definition) is 1. The highest BCUT2D eigenvalue weighted by Crippen LogP contribution is 2.42. The van der Waals surface area contributed by atoms with Crippen LogP contribution >= 0.6 is 11.6 Å². The number of aliphatic hydroxyl groups is 1. The Bertz CT molecular complexity index is 1210. The predicted molar refractivity (Wildman–Crippen MR) is 119 cm³/mol. The summed E-state index contributed by atoms with van der Waals surface area (Å²) in [6.45, 7) is 4.68. The molecule has 0 saturated carbocycles. The van der Waals surface area contributed by atoms with Crippen LogP contribution in [0, 0.1) is 12.7 Å². The van der Waals surface area contributed by atoms with Gasteiger partial charge in [0.1, 0.15) is 22.9 Å². The topological polar surface area (TPSA) is 67.6 Å². The third-order valence-electron chi connectivity index (χ3n) is 5.35. The van der Waals surface area contributed by atoms with Gasteiger partial charge < -0.3 is 9.84 Å². The van der Waals surface area contributed by atoms with Gasteiger partial charge in [0, 0.05) is 17.8 Å². The fraction of sp³-hybridized carbons (Fsp3) is 0.348. The van der Waals surface area contributed by atoms with Gasteiger partial charge in [0.15, 0.2) is 5.60 Å². The normalized spacial score (nSPS) is 14.6. The van der Waals surface area contributed by atoms with Gasteiger partial charge in [-0.15, -0.1) is 0 Å². The van der Waals surface area contributed by atoms with Gasteiger partial charge in [0.2, 0.25) is 0 Å². The number of ether oxygens (including phenoxy) is 1. The van der Waals surface area contributed by atoms with E-state index in [9.17, 15) is 22.7 Å². The van der Waals surface area contributed by atoms with Crippen molar-refractivity contribution in [3.63, 3.8) is 0 Å². The summed E-state index contributed by atoms with van der Waals surface area (Å²) in [4.78, 5) is 11.8. The van der Waals surface area contributed by atoms with Crippen LogP contribution in [-0.4, -0.2) is 40.2 Å². The van der Waals surface area contributed by atoms with Crippen molar-refractivity contribution < 1.29 is 27.4 Å². The lowest BCUT2D eigenvalue weighted by Gasteiger charge is -2.35. The summed E-state index contributed by atoms with van der Waals surface area (Å²) < 4.78 is 61.3. The highest BCUT2D eigenvalue weighted by molar-refractivity contribution is 6.32. The quantitative estimate of drug-likeness (QED) is 0.339. The van der Waals surface area contributed by atoms with Gasteiger partial charge in [-0.25, -0.2) is 14.4 Å². The zero-order valence-electron chi connectivity index (χ0n) is 18.3. The molecule has 3 rings (SSSR count). The maximum atomic E-state index is 14.1. The molecule has 0 saturated heterocycles. The molecule has 5 nitrogen and oxygen atoms in total. The molecule has 1 unspecified atom stereocenters. The van der Waals surface area contributed by atoms with Crippen LogP contribution in [-0.2, 0) is 5.41 Å². The number of halogens is 5. The molecule has 0 spiro atoms. The van der Waals surface area contributed by atoms with Crippen molar-refractivity contribution in [1.82, 2.24) is 9.97 Å². The van der Waals surface area contributed by atoms with Gasteiger partial charge in [0.05, 0.1) is 17.8 Å². The Kier molecular flexibility index (Phi) is 6.68. The van der Waals surface area contributed by atoms with E-state index in [2.05, 4.69) is 15.0 Å². The highest BCUT2D eigenvalue weighted by atomic mass is 35.5. The number of alkyl halides is 3. The number of methoxy groups -OCH3 is 1. The minimum atomic E-state index is -5.03. The number of aromatic nitrogens is 2. The van der Waals surface area contributed by atoms with Crippen LogP contribution in [0.5, 0.6) is 5.75 Å². The van der Waals surface area contributed by atoms with Crippen LogP contribution in [0.25, 0.3) is 10.9 Å². The summed E-state index contributed by atoms with van der Waals surface area (Å²) >= 11 is 6.03. The molecule has 2 aromatic carbocycles. The van der Waals surface area contributed by atoms with Crippen LogP contribution in [0.3, 0.4) is 0 Å². The number of hydrogen-bond acceptors (Lipinski definition) is 5. The van der Waals surface area contributed by atoms with Crippen molar-refractivity contribution in [3.8, 4) is 5.75 Å². The second-order valence-electron chi connectivity index (χ2n) is 8.34. The average molecular weight is 484 g/mol. The molecule has 0 aliphatic carbocycles. The maximum Gasteiger partial charge on any atom is 0.422 e. The summed E-state index contributed by atoms with van der Waals surface area (Å²) in [6.07, 6.45) is -4.06. The van der Waals surface area contributed by atoms with Crippen LogP contribution in [0.15, 0.2) is 41.5 Å². The van der Waals surface area contributed by atoms with E-state index in [1.807, 2.05) is 0 Å². The van der Waals surface area contributed by atoms with Crippen LogP contribution in [0.4, 0.5) is 23.2 Å². The summed E-state index contributed by atoms with van der Waals surface area (Å²) in [7, 11) is 1.40. The first kappa shape index (κ1) is 24.9. The van der Waals surface area contributed by atoms with Gasteiger partial charge in [-0.05, 0) is 48.6 Å². The zero-order chi connectivity index (χ0) is 24.6. The molecule has 1 aromatic heterocycles. The lowest BCUT2D eigenvalue weighted by molar-refractivity contribution is -0.234. The minimum Gasteiger partial charge on any atom is -0.495 e. The van der Waals surface area contributed by atoms with Crippen molar-refractivity contribution in [1.29, 1.82) is 0 Å². The molecule has 33 heavy (non-hydrogen) atoms. The van der Waals surface area contributed by atoms with Crippen molar-refractivity contribution in [2.75, 3.05) is 7.11 Å². The molecular weight excluding hydrogens is 462 g/mol. The summed E-state index contributed by atoms with van der Waals surface area (Å²) in [5.41, 5.74) is -4.02. The Labute approximate surface area is 193 Å². The Morgan fingerprint density at radius 1 is 1.18 bits per heavy atom. The van der Waals surface area contributed by atoms with Gasteiger partial charge in [0.25, 0.3) is 0 Å². The molecule has 0 bridgehead atoms. The standard InChI is InChI=1S/C23H22ClF4N3O2/c1-13-29-10-15-18(8-7-17(25)20(15)31-13)30-12-22(32,23(26,27)28)11-21(2,3)14-5-6-16(24)19(9-14)33-4/h5-10,12,32H,11H2,1-4H3.